The zero-order chi connectivity index (χ0) is 23.5. The van der Waals surface area contributed by atoms with Crippen molar-refractivity contribution >= 4 is 46.8 Å². The van der Waals surface area contributed by atoms with E-state index in [-0.39, 0.29) is 17.6 Å². The molecule has 4 nitrogen and oxygen atoms in total. The lowest BCUT2D eigenvalue weighted by Crippen LogP contribution is -2.51. The van der Waals surface area contributed by atoms with Gasteiger partial charge in [-0.2, -0.15) is 0 Å². The SMILES string of the molecule is CCC(C(=O)NCC(C)C)N(CCc1ccccc1)C(=O)CSCc1ccc(Cl)cc1Cl. The third-order valence-corrected chi connectivity index (χ3v) is 6.61. The maximum absolute atomic E-state index is 13.2. The number of carbonyl (C=O) groups is 2. The second kappa shape index (κ2) is 13.8. The molecule has 2 amide bonds. The summed E-state index contributed by atoms with van der Waals surface area (Å²) in [4.78, 5) is 27.8. The molecule has 2 aromatic rings. The lowest BCUT2D eigenvalue weighted by atomic mass is 10.1. The summed E-state index contributed by atoms with van der Waals surface area (Å²) in [6.07, 6.45) is 1.27. The minimum Gasteiger partial charge on any atom is -0.354 e. The Kier molecular flexibility index (Phi) is 11.4. The molecule has 0 radical (unpaired) electrons. The van der Waals surface area contributed by atoms with Crippen molar-refractivity contribution in [3.63, 3.8) is 0 Å². The summed E-state index contributed by atoms with van der Waals surface area (Å²) in [5, 5.41) is 4.18. The van der Waals surface area contributed by atoms with Gasteiger partial charge in [-0.25, -0.2) is 0 Å². The minimum absolute atomic E-state index is 0.0393. The molecular weight excluding hydrogens is 463 g/mol. The Bertz CT molecular complexity index is 878. The summed E-state index contributed by atoms with van der Waals surface area (Å²) in [7, 11) is 0. The van der Waals surface area contributed by atoms with Gasteiger partial charge in [0, 0.05) is 28.9 Å². The first-order valence-corrected chi connectivity index (χ1v) is 12.9. The van der Waals surface area contributed by atoms with E-state index in [1.54, 1.807) is 17.0 Å². The molecule has 0 fully saturated rings. The van der Waals surface area contributed by atoms with Crippen LogP contribution in [-0.4, -0.2) is 41.6 Å². The number of nitrogens with one attached hydrogen (secondary N) is 1. The van der Waals surface area contributed by atoms with E-state index >= 15 is 0 Å². The number of rotatable bonds is 12. The molecule has 0 saturated heterocycles. The van der Waals surface area contributed by atoms with E-state index in [0.29, 0.717) is 47.6 Å². The molecule has 0 aliphatic rings. The topological polar surface area (TPSA) is 49.4 Å². The molecular formula is C25H32Cl2N2O2S. The first-order chi connectivity index (χ1) is 15.3. The number of halogens is 2. The predicted octanol–water partition coefficient (Wildman–Crippen LogP) is 5.85. The summed E-state index contributed by atoms with van der Waals surface area (Å²) < 4.78 is 0. The van der Waals surface area contributed by atoms with Crippen LogP contribution in [0.3, 0.4) is 0 Å². The summed E-state index contributed by atoms with van der Waals surface area (Å²) in [6, 6.07) is 14.9. The van der Waals surface area contributed by atoms with Crippen LogP contribution in [0.25, 0.3) is 0 Å². The van der Waals surface area contributed by atoms with Crippen LogP contribution in [0.4, 0.5) is 0 Å². The predicted molar refractivity (Wildman–Crippen MR) is 136 cm³/mol. The summed E-state index contributed by atoms with van der Waals surface area (Å²) >= 11 is 13.7. The van der Waals surface area contributed by atoms with E-state index < -0.39 is 6.04 Å². The first kappa shape index (κ1) is 26.6. The maximum atomic E-state index is 13.2. The van der Waals surface area contributed by atoms with Gasteiger partial charge >= 0.3 is 0 Å². The number of thioether (sulfide) groups is 1. The number of benzene rings is 2. The molecule has 0 spiro atoms. The molecule has 0 bridgehead atoms. The largest absolute Gasteiger partial charge is 0.354 e. The minimum atomic E-state index is -0.482. The Labute approximate surface area is 206 Å². The van der Waals surface area contributed by atoms with Crippen molar-refractivity contribution in [3.8, 4) is 0 Å². The molecule has 174 valence electrons. The van der Waals surface area contributed by atoms with Gasteiger partial charge in [0.05, 0.1) is 5.75 Å². The van der Waals surface area contributed by atoms with Crippen LogP contribution in [0, 0.1) is 5.92 Å². The highest BCUT2D eigenvalue weighted by Gasteiger charge is 2.28. The van der Waals surface area contributed by atoms with Gasteiger partial charge in [-0.3, -0.25) is 9.59 Å². The van der Waals surface area contributed by atoms with Crippen molar-refractivity contribution < 1.29 is 9.59 Å². The van der Waals surface area contributed by atoms with Crippen molar-refractivity contribution in [1.29, 1.82) is 0 Å². The van der Waals surface area contributed by atoms with Crippen molar-refractivity contribution in [1.82, 2.24) is 10.2 Å². The van der Waals surface area contributed by atoms with Crippen LogP contribution in [-0.2, 0) is 21.8 Å². The van der Waals surface area contributed by atoms with Crippen LogP contribution in [0.15, 0.2) is 48.5 Å². The molecule has 0 aliphatic heterocycles. The van der Waals surface area contributed by atoms with Gasteiger partial charge in [0.15, 0.2) is 0 Å². The van der Waals surface area contributed by atoms with Gasteiger partial charge in [0.1, 0.15) is 6.04 Å². The number of hydrogen-bond donors (Lipinski definition) is 1. The Morgan fingerprint density at radius 3 is 2.44 bits per heavy atom. The number of carbonyl (C=O) groups excluding carboxylic acids is 2. The van der Waals surface area contributed by atoms with Gasteiger partial charge < -0.3 is 10.2 Å². The molecule has 0 saturated carbocycles. The molecule has 1 unspecified atom stereocenters. The number of hydrogen-bond acceptors (Lipinski definition) is 3. The zero-order valence-corrected chi connectivity index (χ0v) is 21.3. The zero-order valence-electron chi connectivity index (χ0n) is 18.9. The van der Waals surface area contributed by atoms with E-state index in [9.17, 15) is 9.59 Å². The van der Waals surface area contributed by atoms with E-state index in [1.807, 2.05) is 43.3 Å². The van der Waals surface area contributed by atoms with E-state index in [1.165, 1.54) is 11.8 Å². The highest BCUT2D eigenvalue weighted by atomic mass is 35.5. The second-order valence-corrected chi connectivity index (χ2v) is 9.94. The molecule has 0 aromatic heterocycles. The standard InChI is InChI=1S/C25H32Cl2N2O2S/c1-4-23(25(31)28-15-18(2)3)29(13-12-19-8-6-5-7-9-19)24(30)17-32-16-20-10-11-21(26)14-22(20)27/h5-11,14,18,23H,4,12-13,15-17H2,1-3H3,(H,28,31). The Morgan fingerprint density at radius 2 is 1.81 bits per heavy atom. The fourth-order valence-corrected chi connectivity index (χ4v) is 4.76. The highest BCUT2D eigenvalue weighted by molar-refractivity contribution is 7.99. The molecule has 2 aromatic carbocycles. The third-order valence-electron chi connectivity index (χ3n) is 5.05. The summed E-state index contributed by atoms with van der Waals surface area (Å²) in [5.74, 6) is 1.10. The lowest BCUT2D eigenvalue weighted by Gasteiger charge is -2.31. The molecule has 2 rings (SSSR count). The Morgan fingerprint density at radius 1 is 1.09 bits per heavy atom. The maximum Gasteiger partial charge on any atom is 0.242 e. The van der Waals surface area contributed by atoms with E-state index in [4.69, 9.17) is 23.2 Å². The molecule has 32 heavy (non-hydrogen) atoms. The quantitative estimate of drug-likeness (QED) is 0.402. The van der Waals surface area contributed by atoms with Crippen molar-refractivity contribution in [2.24, 2.45) is 5.92 Å². The smallest absolute Gasteiger partial charge is 0.242 e. The third kappa shape index (κ3) is 8.68. The average molecular weight is 496 g/mol. The van der Waals surface area contributed by atoms with Gasteiger partial charge in [-0.1, -0.05) is 80.4 Å². The van der Waals surface area contributed by atoms with Gasteiger partial charge in [0.2, 0.25) is 11.8 Å². The van der Waals surface area contributed by atoms with Crippen molar-refractivity contribution in [3.05, 3.63) is 69.7 Å². The van der Waals surface area contributed by atoms with Gasteiger partial charge in [-0.15, -0.1) is 11.8 Å². The van der Waals surface area contributed by atoms with Crippen LogP contribution < -0.4 is 5.32 Å². The van der Waals surface area contributed by atoms with Crippen molar-refractivity contribution in [2.45, 2.75) is 45.4 Å². The molecule has 0 aliphatic carbocycles. The van der Waals surface area contributed by atoms with Crippen LogP contribution in [0.2, 0.25) is 10.0 Å². The molecule has 7 heteroatoms. The normalized spacial score (nSPS) is 11.9. The average Bonchev–Trinajstić information content (AvgIpc) is 2.77. The van der Waals surface area contributed by atoms with Crippen LogP contribution >= 0.6 is 35.0 Å². The number of nitrogens with zero attached hydrogens (tertiary/aromatic N) is 1. The Hall–Kier alpha value is -1.69. The van der Waals surface area contributed by atoms with Gasteiger partial charge in [-0.05, 0) is 42.0 Å². The lowest BCUT2D eigenvalue weighted by molar-refractivity contribution is -0.138. The first-order valence-electron chi connectivity index (χ1n) is 10.9. The highest BCUT2D eigenvalue weighted by Crippen LogP contribution is 2.25. The fraction of sp³-hybridized carbons (Fsp3) is 0.440. The Balaban J connectivity index is 2.06. The summed E-state index contributed by atoms with van der Waals surface area (Å²) in [6.45, 7) is 7.15. The van der Waals surface area contributed by atoms with Crippen LogP contribution in [0.5, 0.6) is 0 Å². The molecule has 1 N–H and O–H groups in total. The molecule has 1 atom stereocenters. The van der Waals surface area contributed by atoms with Crippen LogP contribution in [0.1, 0.15) is 38.3 Å². The number of amides is 2. The van der Waals surface area contributed by atoms with Crippen molar-refractivity contribution in [2.75, 3.05) is 18.8 Å². The van der Waals surface area contributed by atoms with E-state index in [0.717, 1.165) is 11.1 Å². The second-order valence-electron chi connectivity index (χ2n) is 8.11. The van der Waals surface area contributed by atoms with E-state index in [2.05, 4.69) is 19.2 Å². The fourth-order valence-electron chi connectivity index (χ4n) is 3.29. The monoisotopic (exact) mass is 494 g/mol. The van der Waals surface area contributed by atoms with Gasteiger partial charge in [0.25, 0.3) is 0 Å². The molecule has 0 heterocycles. The summed E-state index contributed by atoms with van der Waals surface area (Å²) in [5.41, 5.74) is 2.08.